The van der Waals surface area contributed by atoms with Crippen molar-refractivity contribution in [3.63, 3.8) is 0 Å². The lowest BCUT2D eigenvalue weighted by Gasteiger charge is -2.23. The van der Waals surface area contributed by atoms with Gasteiger partial charge in [0.25, 0.3) is 5.91 Å². The van der Waals surface area contributed by atoms with Gasteiger partial charge in [-0.05, 0) is 36.5 Å². The number of phenols is 1. The van der Waals surface area contributed by atoms with Crippen molar-refractivity contribution in [3.8, 4) is 5.75 Å². The summed E-state index contributed by atoms with van der Waals surface area (Å²) in [6.45, 7) is 2.38. The third-order valence-corrected chi connectivity index (χ3v) is 3.55. The summed E-state index contributed by atoms with van der Waals surface area (Å²) in [5.74, 6) is 0.307. The van der Waals surface area contributed by atoms with Gasteiger partial charge in [0, 0.05) is 32.4 Å². The molecule has 0 bridgehead atoms. The fourth-order valence-corrected chi connectivity index (χ4v) is 2.41. The Balaban J connectivity index is 2.03. The number of hydrogen-bond acceptors (Lipinski definition) is 4. The van der Waals surface area contributed by atoms with Gasteiger partial charge >= 0.3 is 0 Å². The van der Waals surface area contributed by atoms with Crippen LogP contribution in [0.2, 0.25) is 0 Å². The molecule has 1 aromatic rings. The lowest BCUT2D eigenvalue weighted by Crippen LogP contribution is -2.26. The Bertz CT molecular complexity index is 455. The molecule has 110 valence electrons. The lowest BCUT2D eigenvalue weighted by atomic mass is 9.90. The summed E-state index contributed by atoms with van der Waals surface area (Å²) < 4.78 is 10.2. The topological polar surface area (TPSA) is 67.8 Å². The number of hydrogen-bond donors (Lipinski definition) is 2. The van der Waals surface area contributed by atoms with Crippen LogP contribution < -0.4 is 5.32 Å². The lowest BCUT2D eigenvalue weighted by molar-refractivity contribution is 0.0847. The van der Waals surface area contributed by atoms with Gasteiger partial charge in [-0.15, -0.1) is 0 Å². The summed E-state index contributed by atoms with van der Waals surface area (Å²) in [6, 6.07) is 5.14. The minimum atomic E-state index is -0.198. The SMILES string of the molecule is COCCNC(=O)c1ccc(C2CCOCC2)c(O)c1. The van der Waals surface area contributed by atoms with Crippen molar-refractivity contribution in [2.45, 2.75) is 18.8 Å². The highest BCUT2D eigenvalue weighted by Crippen LogP contribution is 2.33. The van der Waals surface area contributed by atoms with Gasteiger partial charge in [0.1, 0.15) is 5.75 Å². The van der Waals surface area contributed by atoms with E-state index in [1.807, 2.05) is 6.07 Å². The Morgan fingerprint density at radius 2 is 2.20 bits per heavy atom. The first-order valence-electron chi connectivity index (χ1n) is 6.90. The summed E-state index contributed by atoms with van der Waals surface area (Å²) >= 11 is 0. The van der Waals surface area contributed by atoms with E-state index < -0.39 is 0 Å². The number of aromatic hydroxyl groups is 1. The molecule has 1 aromatic carbocycles. The zero-order valence-corrected chi connectivity index (χ0v) is 11.7. The zero-order chi connectivity index (χ0) is 14.4. The minimum absolute atomic E-state index is 0.191. The van der Waals surface area contributed by atoms with E-state index in [1.165, 1.54) is 6.07 Å². The van der Waals surface area contributed by atoms with Crippen molar-refractivity contribution in [2.24, 2.45) is 0 Å². The third-order valence-electron chi connectivity index (χ3n) is 3.55. The number of phenolic OH excluding ortho intramolecular Hbond substituents is 1. The molecular formula is C15H21NO4. The highest BCUT2D eigenvalue weighted by Gasteiger charge is 2.19. The average Bonchev–Trinajstić information content (AvgIpc) is 2.48. The van der Waals surface area contributed by atoms with Crippen LogP contribution in [0.25, 0.3) is 0 Å². The second-order valence-electron chi connectivity index (χ2n) is 4.91. The van der Waals surface area contributed by atoms with Crippen LogP contribution >= 0.6 is 0 Å². The monoisotopic (exact) mass is 279 g/mol. The van der Waals surface area contributed by atoms with Crippen LogP contribution in [0.5, 0.6) is 5.75 Å². The second kappa shape index (κ2) is 7.26. The van der Waals surface area contributed by atoms with E-state index in [4.69, 9.17) is 9.47 Å². The highest BCUT2D eigenvalue weighted by atomic mass is 16.5. The quantitative estimate of drug-likeness (QED) is 0.804. The van der Waals surface area contributed by atoms with E-state index in [0.717, 1.165) is 31.6 Å². The summed E-state index contributed by atoms with van der Waals surface area (Å²) in [6.07, 6.45) is 1.82. The van der Waals surface area contributed by atoms with Gasteiger partial charge in [0.2, 0.25) is 0 Å². The molecule has 1 fully saturated rings. The third kappa shape index (κ3) is 3.71. The molecule has 1 aliphatic rings. The van der Waals surface area contributed by atoms with E-state index in [-0.39, 0.29) is 11.7 Å². The van der Waals surface area contributed by atoms with Crippen molar-refractivity contribution >= 4 is 5.91 Å². The van der Waals surface area contributed by atoms with Crippen molar-refractivity contribution < 1.29 is 19.4 Å². The van der Waals surface area contributed by atoms with Crippen LogP contribution in [0.4, 0.5) is 0 Å². The van der Waals surface area contributed by atoms with Crippen molar-refractivity contribution in [2.75, 3.05) is 33.5 Å². The van der Waals surface area contributed by atoms with Gasteiger partial charge in [0.05, 0.1) is 6.61 Å². The predicted molar refractivity (Wildman–Crippen MR) is 75.1 cm³/mol. The number of carbonyl (C=O) groups excluding carboxylic acids is 1. The molecule has 0 saturated carbocycles. The summed E-state index contributed by atoms with van der Waals surface area (Å²) in [5.41, 5.74) is 1.37. The molecule has 1 saturated heterocycles. The Kier molecular flexibility index (Phi) is 5.38. The molecule has 1 amide bonds. The van der Waals surface area contributed by atoms with Gasteiger partial charge in [-0.2, -0.15) is 0 Å². The van der Waals surface area contributed by atoms with Crippen LogP contribution in [0.15, 0.2) is 18.2 Å². The van der Waals surface area contributed by atoms with Gasteiger partial charge in [-0.25, -0.2) is 0 Å². The average molecular weight is 279 g/mol. The van der Waals surface area contributed by atoms with Gasteiger partial charge in [-0.3, -0.25) is 4.79 Å². The number of nitrogens with one attached hydrogen (secondary N) is 1. The standard InChI is InChI=1S/C15H21NO4/c1-19-9-6-16-15(18)12-2-3-13(14(17)10-12)11-4-7-20-8-5-11/h2-3,10-11,17H,4-9H2,1H3,(H,16,18). The molecule has 0 spiro atoms. The Morgan fingerprint density at radius 1 is 1.45 bits per heavy atom. The summed E-state index contributed by atoms with van der Waals surface area (Å²) in [7, 11) is 1.58. The van der Waals surface area contributed by atoms with E-state index >= 15 is 0 Å². The molecule has 5 heteroatoms. The van der Waals surface area contributed by atoms with Crippen molar-refractivity contribution in [1.29, 1.82) is 0 Å². The maximum absolute atomic E-state index is 11.9. The molecule has 0 radical (unpaired) electrons. The fraction of sp³-hybridized carbons (Fsp3) is 0.533. The van der Waals surface area contributed by atoms with Gasteiger partial charge in [0.15, 0.2) is 0 Å². The van der Waals surface area contributed by atoms with Crippen LogP contribution in [-0.4, -0.2) is 44.5 Å². The number of ether oxygens (including phenoxy) is 2. The van der Waals surface area contributed by atoms with E-state index in [9.17, 15) is 9.90 Å². The van der Waals surface area contributed by atoms with Crippen LogP contribution in [0.1, 0.15) is 34.7 Å². The van der Waals surface area contributed by atoms with Crippen LogP contribution in [0, 0.1) is 0 Å². The van der Waals surface area contributed by atoms with E-state index in [0.29, 0.717) is 24.6 Å². The van der Waals surface area contributed by atoms with Crippen LogP contribution in [0.3, 0.4) is 0 Å². The molecule has 1 aliphatic heterocycles. The molecule has 5 nitrogen and oxygen atoms in total. The molecule has 0 atom stereocenters. The van der Waals surface area contributed by atoms with E-state index in [2.05, 4.69) is 5.32 Å². The molecule has 1 heterocycles. The van der Waals surface area contributed by atoms with Crippen molar-refractivity contribution in [1.82, 2.24) is 5.32 Å². The molecule has 2 N–H and O–H groups in total. The Hall–Kier alpha value is -1.59. The smallest absolute Gasteiger partial charge is 0.251 e. The predicted octanol–water partition coefficient (Wildman–Crippen LogP) is 1.66. The number of benzene rings is 1. The van der Waals surface area contributed by atoms with Gasteiger partial charge < -0.3 is 19.9 Å². The highest BCUT2D eigenvalue weighted by molar-refractivity contribution is 5.94. The normalized spacial score (nSPS) is 16.1. The number of carbonyl (C=O) groups is 1. The van der Waals surface area contributed by atoms with Gasteiger partial charge in [-0.1, -0.05) is 6.07 Å². The van der Waals surface area contributed by atoms with E-state index in [1.54, 1.807) is 13.2 Å². The fourth-order valence-electron chi connectivity index (χ4n) is 2.41. The molecule has 2 rings (SSSR count). The molecule has 0 aliphatic carbocycles. The first-order chi connectivity index (χ1) is 9.72. The second-order valence-corrected chi connectivity index (χ2v) is 4.91. The molecule has 20 heavy (non-hydrogen) atoms. The maximum atomic E-state index is 11.9. The first kappa shape index (κ1) is 14.8. The Morgan fingerprint density at radius 3 is 2.85 bits per heavy atom. The molecule has 0 unspecified atom stereocenters. The number of amides is 1. The molecule has 0 aromatic heterocycles. The van der Waals surface area contributed by atoms with Crippen LogP contribution in [-0.2, 0) is 9.47 Å². The Labute approximate surface area is 118 Å². The zero-order valence-electron chi connectivity index (χ0n) is 11.7. The van der Waals surface area contributed by atoms with Crippen molar-refractivity contribution in [3.05, 3.63) is 29.3 Å². The number of methoxy groups -OCH3 is 1. The maximum Gasteiger partial charge on any atom is 0.251 e. The molecular weight excluding hydrogens is 258 g/mol. The summed E-state index contributed by atoms with van der Waals surface area (Å²) in [4.78, 5) is 11.9. The largest absolute Gasteiger partial charge is 0.508 e. The first-order valence-corrected chi connectivity index (χ1v) is 6.90. The number of rotatable bonds is 5. The minimum Gasteiger partial charge on any atom is -0.508 e. The summed E-state index contributed by atoms with van der Waals surface area (Å²) in [5, 5.41) is 12.8.